The molecule has 4 aromatic heterocycles. The van der Waals surface area contributed by atoms with Crippen molar-refractivity contribution in [2.24, 2.45) is 0 Å². The Bertz CT molecular complexity index is 2760. The number of ether oxygens (including phenoxy) is 4. The summed E-state index contributed by atoms with van der Waals surface area (Å²) in [6, 6.07) is 14.5. The highest BCUT2D eigenvalue weighted by molar-refractivity contribution is 8.54. The summed E-state index contributed by atoms with van der Waals surface area (Å²) in [5, 5.41) is 0. The molecule has 3 aliphatic heterocycles. The molecule has 0 spiro atoms. The lowest BCUT2D eigenvalue weighted by atomic mass is 10.1. The van der Waals surface area contributed by atoms with E-state index in [1.807, 2.05) is 6.92 Å². The number of hydrogen-bond donors (Lipinski definition) is 2. The van der Waals surface area contributed by atoms with Crippen molar-refractivity contribution in [1.29, 1.82) is 0 Å². The second kappa shape index (κ2) is 18.1. The van der Waals surface area contributed by atoms with Gasteiger partial charge in [0.25, 0.3) is 15.0 Å². The Labute approximate surface area is 367 Å². The van der Waals surface area contributed by atoms with Crippen LogP contribution in [0.1, 0.15) is 41.7 Å². The first-order valence-corrected chi connectivity index (χ1v) is 25.0. The van der Waals surface area contributed by atoms with Crippen LogP contribution in [0.15, 0.2) is 79.8 Å². The molecule has 3 fully saturated rings. The minimum atomic E-state index is -4.51. The van der Waals surface area contributed by atoms with E-state index in [9.17, 15) is 13.9 Å². The van der Waals surface area contributed by atoms with Crippen LogP contribution in [0.5, 0.6) is 11.5 Å². The fourth-order valence-corrected chi connectivity index (χ4v) is 11.9. The summed E-state index contributed by atoms with van der Waals surface area (Å²) in [5.41, 5.74) is 14.0. The number of fused-ring (bicyclic) bond motifs is 4. The smallest absolute Gasteiger partial charge is 0.389 e. The minimum absolute atomic E-state index is 0.0265. The van der Waals surface area contributed by atoms with E-state index in [-0.39, 0.29) is 45.3 Å². The number of rotatable bonds is 10. The van der Waals surface area contributed by atoms with Gasteiger partial charge in [-0.25, -0.2) is 43.1 Å². The fraction of sp³-hybridized carbons (Fsp3) is 0.368. The number of carbonyl (C=O) groups is 1. The second-order valence-electron chi connectivity index (χ2n) is 15.0. The number of esters is 1. The molecular formula is C38H40BF2N9O11P2S. The highest BCUT2D eigenvalue weighted by Crippen LogP contribution is 2.65. The van der Waals surface area contributed by atoms with Crippen LogP contribution in [-0.4, -0.2) is 104 Å². The third-order valence-electron chi connectivity index (χ3n) is 10.5. The van der Waals surface area contributed by atoms with Gasteiger partial charge >= 0.3 is 12.8 Å². The van der Waals surface area contributed by atoms with Crippen molar-refractivity contribution in [3.63, 3.8) is 0 Å². The van der Waals surface area contributed by atoms with Gasteiger partial charge in [-0.1, -0.05) is 19.1 Å². The lowest BCUT2D eigenvalue weighted by molar-refractivity contribution is -0.0546. The number of aromatic nitrogens is 7. The predicted molar refractivity (Wildman–Crippen MR) is 230 cm³/mol. The first-order chi connectivity index (χ1) is 30.8. The van der Waals surface area contributed by atoms with E-state index in [2.05, 4.69) is 24.9 Å². The number of carbonyl (C=O) groups excluding carboxylic acids is 1. The van der Waals surface area contributed by atoms with Crippen LogP contribution < -0.4 is 20.9 Å². The summed E-state index contributed by atoms with van der Waals surface area (Å²) in [4.78, 5) is 33.7. The standard InChI is InChI=1S/C38H40BF2N9O11P2S/c1-2-13-54-22-9-5-21(6-10-22)38(51)57-23-7-3-20(4-8-23)16-64-63(53)56-15-26-31(27(40)36(59-26)50-19-48-30-33(43)45-17-46-35(30)50)60-62(39,52)55-14-25-32(61-63)28(41)37(58-25)49-18-47-29-24(42)11-12-44-34(29)49/h3-12,17-19,25-28,31-32,36-37H,2,13-16,39H2,1H3,(H2,42,44)(H2,43,45,46)/t25-,26-,27-,28-,31-,32-,36-,37-,62+,63-/m1/s1. The number of alkyl halides is 2. The molecule has 4 N–H and O–H groups in total. The first kappa shape index (κ1) is 44.2. The average Bonchev–Trinajstić information content (AvgIpc) is 4.06. The monoisotopic (exact) mass is 941 g/mol. The van der Waals surface area contributed by atoms with Gasteiger partial charge in [-0.15, -0.1) is 0 Å². The highest BCUT2D eigenvalue weighted by atomic mass is 32.7. The van der Waals surface area contributed by atoms with Gasteiger partial charge in [-0.2, -0.15) is 0 Å². The first-order valence-electron chi connectivity index (χ1n) is 19.9. The molecule has 0 bridgehead atoms. The predicted octanol–water partition coefficient (Wildman–Crippen LogP) is 5.51. The van der Waals surface area contributed by atoms with Gasteiger partial charge in [0, 0.05) is 11.9 Å². The Morgan fingerprint density at radius 2 is 1.45 bits per heavy atom. The quantitative estimate of drug-likeness (QED) is 0.0743. The van der Waals surface area contributed by atoms with Gasteiger partial charge in [-0.05, 0) is 65.8 Å². The van der Waals surface area contributed by atoms with Crippen LogP contribution in [0.4, 0.5) is 20.3 Å². The minimum Gasteiger partial charge on any atom is -0.494 e. The Balaban J connectivity index is 0.975. The topological polar surface area (TPSA) is 251 Å². The largest absolute Gasteiger partial charge is 0.494 e. The summed E-state index contributed by atoms with van der Waals surface area (Å²) in [7, 11) is -3.06. The second-order valence-corrected chi connectivity index (χ2v) is 21.0. The van der Waals surface area contributed by atoms with E-state index in [1.54, 1.807) is 48.5 Å². The van der Waals surface area contributed by atoms with Crippen molar-refractivity contribution in [1.82, 2.24) is 34.1 Å². The number of nitrogens with zero attached hydrogens (tertiary/aromatic N) is 7. The number of nitrogen functional groups attached to an aromatic ring is 2. The van der Waals surface area contributed by atoms with Crippen molar-refractivity contribution in [3.05, 3.63) is 90.9 Å². The third-order valence-corrected chi connectivity index (χ3v) is 15.4. The third kappa shape index (κ3) is 8.98. The molecule has 64 heavy (non-hydrogen) atoms. The van der Waals surface area contributed by atoms with Gasteiger partial charge in [-0.3, -0.25) is 22.7 Å². The highest BCUT2D eigenvalue weighted by Gasteiger charge is 2.54. The SMILES string of the molecule is B[P@]1(=O)OC[C@H]2O[C@@H](n3cnc4c(N)ccnc43)[C@H](F)[C@@H]2O[P@](=O)(SCc2ccc(OC(=O)c3ccc(OCCC)cc3)cc2)OC[C@H]2O[C@@H](n3cnc4c(N)ncnc43)[C@H](F)[C@@H]2O1. The van der Waals surface area contributed by atoms with Crippen LogP contribution in [0.2, 0.25) is 0 Å². The number of nitrogens with two attached hydrogens (primary N) is 2. The van der Waals surface area contributed by atoms with Crippen molar-refractivity contribution in [3.8, 4) is 11.5 Å². The van der Waals surface area contributed by atoms with E-state index in [0.717, 1.165) is 14.0 Å². The molecule has 0 saturated carbocycles. The number of hydrogen-bond acceptors (Lipinski definition) is 19. The molecule has 26 heteroatoms. The molecular weight excluding hydrogens is 901 g/mol. The Kier molecular flexibility index (Phi) is 12.5. The van der Waals surface area contributed by atoms with Crippen LogP contribution in [-0.2, 0) is 42.5 Å². The maximum absolute atomic E-state index is 16.9. The van der Waals surface area contributed by atoms with Crippen LogP contribution in [0.25, 0.3) is 22.3 Å². The van der Waals surface area contributed by atoms with Crippen LogP contribution in [0, 0.1) is 0 Å². The molecule has 6 aromatic rings. The molecule has 20 nitrogen and oxygen atoms in total. The average molecular weight is 942 g/mol. The normalized spacial score (nSPS) is 29.7. The lowest BCUT2D eigenvalue weighted by Crippen LogP contribution is -2.37. The molecule has 2 aromatic carbocycles. The van der Waals surface area contributed by atoms with E-state index >= 15 is 8.78 Å². The number of halogens is 2. The summed E-state index contributed by atoms with van der Waals surface area (Å²) in [6.07, 6.45) is -7.04. The van der Waals surface area contributed by atoms with Crippen molar-refractivity contribution in [2.45, 2.75) is 68.3 Å². The van der Waals surface area contributed by atoms with Crippen LogP contribution >= 0.6 is 25.7 Å². The molecule has 3 aliphatic rings. The molecule has 336 valence electrons. The number of anilines is 2. The van der Waals surface area contributed by atoms with Gasteiger partial charge in [0.05, 0.1) is 43.7 Å². The maximum atomic E-state index is 16.9. The Hall–Kier alpha value is -5.03. The van der Waals surface area contributed by atoms with Gasteiger partial charge in [0.15, 0.2) is 41.9 Å². The molecule has 7 heterocycles. The summed E-state index contributed by atoms with van der Waals surface area (Å²) < 4.78 is 112. The van der Waals surface area contributed by atoms with Gasteiger partial charge in [0.1, 0.15) is 53.3 Å². The molecule has 10 atom stereocenters. The maximum Gasteiger partial charge on any atom is 0.389 e. The van der Waals surface area contributed by atoms with E-state index < -0.39 is 82.7 Å². The lowest BCUT2D eigenvalue weighted by Gasteiger charge is -2.30. The zero-order chi connectivity index (χ0) is 44.8. The molecule has 0 amide bonds. The number of benzene rings is 2. The van der Waals surface area contributed by atoms with Crippen molar-refractivity contribution < 1.29 is 59.7 Å². The summed E-state index contributed by atoms with van der Waals surface area (Å²) in [5.74, 6) is 0.299. The zero-order valence-electron chi connectivity index (χ0n) is 34.0. The molecule has 3 saturated heterocycles. The van der Waals surface area contributed by atoms with E-state index in [4.69, 9.17) is 48.5 Å². The van der Waals surface area contributed by atoms with Crippen LogP contribution in [0.3, 0.4) is 0 Å². The molecule has 0 aliphatic carbocycles. The van der Waals surface area contributed by atoms with Gasteiger partial charge < -0.3 is 39.5 Å². The summed E-state index contributed by atoms with van der Waals surface area (Å²) >= 11 is 0.707. The molecule has 0 radical (unpaired) electrons. The fourth-order valence-electron chi connectivity index (χ4n) is 7.30. The van der Waals surface area contributed by atoms with E-state index in [1.165, 1.54) is 40.4 Å². The summed E-state index contributed by atoms with van der Waals surface area (Å²) in [6.45, 7) is -3.23. The van der Waals surface area contributed by atoms with E-state index in [0.29, 0.717) is 34.9 Å². The molecule has 0 unspecified atom stereocenters. The Morgan fingerprint density at radius 1 is 0.828 bits per heavy atom. The van der Waals surface area contributed by atoms with Crippen molar-refractivity contribution >= 4 is 73.0 Å². The number of pyridine rings is 1. The van der Waals surface area contributed by atoms with Crippen molar-refractivity contribution in [2.75, 3.05) is 31.3 Å². The molecule has 9 rings (SSSR count). The number of imidazole rings is 2. The van der Waals surface area contributed by atoms with Gasteiger partial charge in [0.2, 0.25) is 0 Å². The zero-order valence-corrected chi connectivity index (χ0v) is 36.6. The Morgan fingerprint density at radius 3 is 2.14 bits per heavy atom.